The Labute approximate surface area is 90.9 Å². The molecule has 6 saturated carbocycles. The van der Waals surface area contributed by atoms with Crippen molar-refractivity contribution in [1.29, 1.82) is 0 Å². The lowest BCUT2D eigenvalue weighted by Gasteiger charge is -2.32. The van der Waals surface area contributed by atoms with Crippen LogP contribution in [0.2, 0.25) is 0 Å². The van der Waals surface area contributed by atoms with Crippen molar-refractivity contribution >= 4 is 21.6 Å². The van der Waals surface area contributed by atoms with Gasteiger partial charge in [-0.05, 0) is 41.9 Å². The molecule has 9 atom stereocenters. The van der Waals surface area contributed by atoms with Crippen molar-refractivity contribution in [3.8, 4) is 0 Å². The van der Waals surface area contributed by atoms with Crippen LogP contribution in [0, 0.1) is 47.3 Å². The summed E-state index contributed by atoms with van der Waals surface area (Å²) in [4.78, 5) is 0.752. The normalized spacial score (nSPS) is 77.8. The molecule has 6 aliphatic carbocycles. The van der Waals surface area contributed by atoms with E-state index in [1.54, 1.807) is 0 Å². The molecule has 3 heteroatoms. The second-order valence-electron chi connectivity index (χ2n) is 5.89. The van der Waals surface area contributed by atoms with Gasteiger partial charge in [-0.1, -0.05) is 21.1 Å². The predicted octanol–water partition coefficient (Wildman–Crippen LogP) is 1.97. The highest BCUT2D eigenvalue weighted by Gasteiger charge is 2.82. The number of hydrogen-bond acceptors (Lipinski definition) is 2. The van der Waals surface area contributed by atoms with Gasteiger partial charge in [0.05, 0.1) is 5.71 Å². The first-order valence-electron chi connectivity index (χ1n) is 5.70. The van der Waals surface area contributed by atoms with Gasteiger partial charge in [0.1, 0.15) is 0 Å². The van der Waals surface area contributed by atoms with Gasteiger partial charge < -0.3 is 5.21 Å². The molecule has 0 amide bonds. The van der Waals surface area contributed by atoms with Crippen molar-refractivity contribution in [2.75, 3.05) is 0 Å². The Bertz CT molecular complexity index is 379. The maximum Gasteiger partial charge on any atom is 0.0644 e. The van der Waals surface area contributed by atoms with Gasteiger partial charge in [-0.25, -0.2) is 0 Å². The molecule has 0 aromatic carbocycles. The van der Waals surface area contributed by atoms with Gasteiger partial charge in [-0.3, -0.25) is 0 Å². The standard InChI is InChI=1S/C11H12BrNO/c12-10-6-2-1-3-4(6)9-8(10)5(2)7(3)11(9)13-14/h2-10,14H,1H2/t2-,3+,4+,5-,6-,7-,8-,9+,10+/m0/s1. The van der Waals surface area contributed by atoms with Gasteiger partial charge in [0.2, 0.25) is 0 Å². The number of halogens is 1. The zero-order valence-corrected chi connectivity index (χ0v) is 9.26. The van der Waals surface area contributed by atoms with Crippen molar-refractivity contribution in [1.82, 2.24) is 0 Å². The summed E-state index contributed by atoms with van der Waals surface area (Å²) in [6, 6.07) is 0. The third-order valence-corrected chi connectivity index (χ3v) is 7.38. The Balaban J connectivity index is 1.85. The molecule has 6 rings (SSSR count). The second kappa shape index (κ2) is 1.81. The molecular weight excluding hydrogens is 242 g/mol. The van der Waals surface area contributed by atoms with E-state index in [0.717, 1.165) is 40.3 Å². The van der Waals surface area contributed by atoms with Crippen LogP contribution in [0.5, 0.6) is 0 Å². The van der Waals surface area contributed by atoms with Crippen molar-refractivity contribution in [3.63, 3.8) is 0 Å². The maximum absolute atomic E-state index is 9.14. The Morgan fingerprint density at radius 2 is 1.86 bits per heavy atom. The molecule has 0 unspecified atom stereocenters. The van der Waals surface area contributed by atoms with E-state index in [0.29, 0.717) is 11.8 Å². The molecule has 6 fully saturated rings. The molecule has 1 N–H and O–H groups in total. The van der Waals surface area contributed by atoms with Crippen LogP contribution in [0.4, 0.5) is 0 Å². The molecule has 74 valence electrons. The molecule has 0 radical (unpaired) electrons. The van der Waals surface area contributed by atoms with Gasteiger partial charge in [-0.15, -0.1) is 0 Å². The van der Waals surface area contributed by atoms with Gasteiger partial charge >= 0.3 is 0 Å². The smallest absolute Gasteiger partial charge is 0.0644 e. The first-order chi connectivity index (χ1) is 6.84. The maximum atomic E-state index is 9.14. The zero-order valence-electron chi connectivity index (χ0n) is 7.68. The molecule has 2 nitrogen and oxygen atoms in total. The summed E-state index contributed by atoms with van der Waals surface area (Å²) in [5.74, 6) is 6.84. The van der Waals surface area contributed by atoms with E-state index in [1.807, 2.05) is 0 Å². The third-order valence-electron chi connectivity index (χ3n) is 6.16. The summed E-state index contributed by atoms with van der Waals surface area (Å²) in [6.07, 6.45) is 1.44. The van der Waals surface area contributed by atoms with E-state index < -0.39 is 0 Å². The highest BCUT2D eigenvalue weighted by atomic mass is 79.9. The lowest BCUT2D eigenvalue weighted by Crippen LogP contribution is -2.30. The summed E-state index contributed by atoms with van der Waals surface area (Å²) >= 11 is 3.91. The number of rotatable bonds is 0. The van der Waals surface area contributed by atoms with Gasteiger partial charge in [0.15, 0.2) is 0 Å². The minimum Gasteiger partial charge on any atom is -0.411 e. The predicted molar refractivity (Wildman–Crippen MR) is 54.5 cm³/mol. The molecule has 0 heterocycles. The van der Waals surface area contributed by atoms with Crippen LogP contribution in [0.25, 0.3) is 0 Å². The number of oxime groups is 1. The number of alkyl halides is 1. The van der Waals surface area contributed by atoms with E-state index in [2.05, 4.69) is 21.1 Å². The van der Waals surface area contributed by atoms with Crippen LogP contribution in [0.15, 0.2) is 5.16 Å². The van der Waals surface area contributed by atoms with Crippen molar-refractivity contribution < 1.29 is 5.21 Å². The SMILES string of the molecule is ON=C1[C@H]2[C@@H]3C[C@@H]4[C@@H]5[C@@H](Br)[C@H]([C@H]1[C@H]35)[C@@H]42. The summed E-state index contributed by atoms with van der Waals surface area (Å²) in [7, 11) is 0. The first-order valence-corrected chi connectivity index (χ1v) is 6.62. The fourth-order valence-electron chi connectivity index (χ4n) is 6.36. The topological polar surface area (TPSA) is 32.6 Å². The molecule has 6 aliphatic rings. The molecule has 0 aromatic heterocycles. The van der Waals surface area contributed by atoms with Gasteiger partial charge in [0.25, 0.3) is 0 Å². The van der Waals surface area contributed by atoms with Crippen LogP contribution in [-0.2, 0) is 0 Å². The van der Waals surface area contributed by atoms with E-state index in [1.165, 1.54) is 12.1 Å². The Morgan fingerprint density at radius 1 is 1.07 bits per heavy atom. The van der Waals surface area contributed by atoms with Gasteiger partial charge in [-0.2, -0.15) is 0 Å². The van der Waals surface area contributed by atoms with E-state index in [4.69, 9.17) is 5.21 Å². The molecule has 0 saturated heterocycles. The lowest BCUT2D eigenvalue weighted by molar-refractivity contribution is 0.132. The van der Waals surface area contributed by atoms with Crippen molar-refractivity contribution in [2.24, 2.45) is 52.5 Å². The van der Waals surface area contributed by atoms with E-state index >= 15 is 0 Å². The van der Waals surface area contributed by atoms with Crippen LogP contribution in [0.3, 0.4) is 0 Å². The Morgan fingerprint density at radius 3 is 2.57 bits per heavy atom. The fraction of sp³-hybridized carbons (Fsp3) is 0.909. The molecule has 0 aromatic rings. The molecular formula is C11H12BrNO. The highest BCUT2D eigenvalue weighted by Crippen LogP contribution is 2.82. The number of nitrogens with zero attached hydrogens (tertiary/aromatic N) is 1. The lowest BCUT2D eigenvalue weighted by atomic mass is 9.71. The van der Waals surface area contributed by atoms with Crippen molar-refractivity contribution in [3.05, 3.63) is 0 Å². The quantitative estimate of drug-likeness (QED) is 0.400. The minimum absolute atomic E-state index is 0.674. The third kappa shape index (κ3) is 0.427. The average Bonchev–Trinajstić information content (AvgIpc) is 2.85. The zero-order chi connectivity index (χ0) is 9.19. The molecule has 14 heavy (non-hydrogen) atoms. The van der Waals surface area contributed by atoms with Crippen LogP contribution in [0.1, 0.15) is 6.42 Å². The Kier molecular flexibility index (Phi) is 0.940. The summed E-state index contributed by atoms with van der Waals surface area (Å²) in [6.45, 7) is 0. The van der Waals surface area contributed by atoms with E-state index in [9.17, 15) is 0 Å². The fourth-order valence-corrected chi connectivity index (χ4v) is 7.79. The monoisotopic (exact) mass is 253 g/mol. The summed E-state index contributed by atoms with van der Waals surface area (Å²) in [5, 5.41) is 12.8. The highest BCUT2D eigenvalue weighted by molar-refractivity contribution is 9.09. The van der Waals surface area contributed by atoms with Crippen LogP contribution < -0.4 is 0 Å². The van der Waals surface area contributed by atoms with Gasteiger partial charge in [0, 0.05) is 16.7 Å². The van der Waals surface area contributed by atoms with E-state index in [-0.39, 0.29) is 0 Å². The summed E-state index contributed by atoms with van der Waals surface area (Å²) < 4.78 is 0. The second-order valence-corrected chi connectivity index (χ2v) is 6.95. The van der Waals surface area contributed by atoms with Crippen LogP contribution >= 0.6 is 15.9 Å². The largest absolute Gasteiger partial charge is 0.411 e. The molecule has 0 spiro atoms. The molecule has 6 bridgehead atoms. The minimum atomic E-state index is 0.674. The first kappa shape index (κ1) is 7.26. The van der Waals surface area contributed by atoms with Crippen molar-refractivity contribution in [2.45, 2.75) is 11.2 Å². The Hall–Kier alpha value is -0.0500. The molecule has 0 aliphatic heterocycles. The average molecular weight is 254 g/mol. The van der Waals surface area contributed by atoms with Crippen LogP contribution in [-0.4, -0.2) is 15.7 Å². The number of hydrogen-bond donors (Lipinski definition) is 1. The summed E-state index contributed by atoms with van der Waals surface area (Å²) in [5.41, 5.74) is 1.20.